The molecule has 1 fully saturated rings. The first kappa shape index (κ1) is 12.3. The lowest BCUT2D eigenvalue weighted by Crippen LogP contribution is -2.26. The standard InChI is InChI=1S/C16H19N3/c1-12-10-14(6-9-18-12)15-2-3-16(19-11-15)13-4-7-17-8-5-13/h2-3,6,9-11,13,17H,4-5,7-8H2,1H3. The summed E-state index contributed by atoms with van der Waals surface area (Å²) in [5, 5.41) is 3.39. The normalized spacial score (nSPS) is 16.5. The summed E-state index contributed by atoms with van der Waals surface area (Å²) < 4.78 is 0. The first-order chi connectivity index (χ1) is 9.33. The van der Waals surface area contributed by atoms with Crippen LogP contribution in [0.4, 0.5) is 0 Å². The Morgan fingerprint density at radius 1 is 1.05 bits per heavy atom. The van der Waals surface area contributed by atoms with Crippen LogP contribution in [-0.2, 0) is 0 Å². The number of aryl methyl sites for hydroxylation is 1. The number of rotatable bonds is 2. The number of pyridine rings is 2. The molecule has 0 unspecified atom stereocenters. The van der Waals surface area contributed by atoms with Gasteiger partial charge >= 0.3 is 0 Å². The molecule has 0 saturated carbocycles. The first-order valence-corrected chi connectivity index (χ1v) is 6.92. The van der Waals surface area contributed by atoms with Crippen LogP contribution in [0.1, 0.15) is 30.1 Å². The van der Waals surface area contributed by atoms with Crippen molar-refractivity contribution in [3.8, 4) is 11.1 Å². The summed E-state index contributed by atoms with van der Waals surface area (Å²) in [7, 11) is 0. The smallest absolute Gasteiger partial charge is 0.0435 e. The molecule has 1 N–H and O–H groups in total. The summed E-state index contributed by atoms with van der Waals surface area (Å²) >= 11 is 0. The average Bonchev–Trinajstić information content (AvgIpc) is 2.48. The Hall–Kier alpha value is -1.74. The zero-order chi connectivity index (χ0) is 13.1. The van der Waals surface area contributed by atoms with Gasteiger partial charge < -0.3 is 5.32 Å². The summed E-state index contributed by atoms with van der Waals surface area (Å²) in [6, 6.07) is 8.50. The number of hydrogen-bond acceptors (Lipinski definition) is 3. The highest BCUT2D eigenvalue weighted by Crippen LogP contribution is 2.25. The van der Waals surface area contributed by atoms with Gasteiger partial charge in [0.25, 0.3) is 0 Å². The Bertz CT molecular complexity index is 542. The Labute approximate surface area is 114 Å². The fourth-order valence-corrected chi connectivity index (χ4v) is 2.66. The Kier molecular flexibility index (Phi) is 3.56. The van der Waals surface area contributed by atoms with E-state index in [1.165, 1.54) is 29.7 Å². The molecular weight excluding hydrogens is 234 g/mol. The highest BCUT2D eigenvalue weighted by molar-refractivity contribution is 5.62. The summed E-state index contributed by atoms with van der Waals surface area (Å²) in [5.41, 5.74) is 4.64. The molecule has 1 aliphatic rings. The second kappa shape index (κ2) is 5.49. The van der Waals surface area contributed by atoms with Gasteiger partial charge in [-0.3, -0.25) is 9.97 Å². The number of aromatic nitrogens is 2. The van der Waals surface area contributed by atoms with Gasteiger partial charge in [0.15, 0.2) is 0 Å². The SMILES string of the molecule is Cc1cc(-c2ccc(C3CCNCC3)nc2)ccn1. The second-order valence-corrected chi connectivity index (χ2v) is 5.18. The van der Waals surface area contributed by atoms with E-state index in [9.17, 15) is 0 Å². The van der Waals surface area contributed by atoms with Gasteiger partial charge in [-0.15, -0.1) is 0 Å². The molecule has 3 rings (SSSR count). The molecule has 3 heterocycles. The monoisotopic (exact) mass is 253 g/mol. The maximum Gasteiger partial charge on any atom is 0.0435 e. The zero-order valence-corrected chi connectivity index (χ0v) is 11.3. The van der Waals surface area contributed by atoms with Crippen molar-refractivity contribution in [1.29, 1.82) is 0 Å². The first-order valence-electron chi connectivity index (χ1n) is 6.92. The molecule has 0 spiro atoms. The molecule has 19 heavy (non-hydrogen) atoms. The van der Waals surface area contributed by atoms with Crippen molar-refractivity contribution in [2.24, 2.45) is 0 Å². The quantitative estimate of drug-likeness (QED) is 0.894. The van der Waals surface area contributed by atoms with E-state index in [4.69, 9.17) is 0 Å². The van der Waals surface area contributed by atoms with Crippen molar-refractivity contribution in [2.75, 3.05) is 13.1 Å². The van der Waals surface area contributed by atoms with Crippen molar-refractivity contribution in [2.45, 2.75) is 25.7 Å². The fraction of sp³-hybridized carbons (Fsp3) is 0.375. The van der Waals surface area contributed by atoms with Crippen LogP contribution in [0.5, 0.6) is 0 Å². The molecule has 2 aromatic heterocycles. The van der Waals surface area contributed by atoms with Gasteiger partial charge in [-0.2, -0.15) is 0 Å². The molecule has 0 atom stereocenters. The Morgan fingerprint density at radius 3 is 2.58 bits per heavy atom. The van der Waals surface area contributed by atoms with Gasteiger partial charge in [-0.1, -0.05) is 6.07 Å². The van der Waals surface area contributed by atoms with E-state index in [1.54, 1.807) is 0 Å². The molecule has 0 radical (unpaired) electrons. The van der Waals surface area contributed by atoms with Crippen LogP contribution in [0.25, 0.3) is 11.1 Å². The largest absolute Gasteiger partial charge is 0.317 e. The molecule has 0 aromatic carbocycles. The van der Waals surface area contributed by atoms with E-state index in [2.05, 4.69) is 33.5 Å². The zero-order valence-electron chi connectivity index (χ0n) is 11.3. The third-order valence-electron chi connectivity index (χ3n) is 3.77. The van der Waals surface area contributed by atoms with E-state index in [-0.39, 0.29) is 0 Å². The lowest BCUT2D eigenvalue weighted by atomic mass is 9.93. The van der Waals surface area contributed by atoms with Crippen LogP contribution in [0.15, 0.2) is 36.7 Å². The minimum atomic E-state index is 0.620. The van der Waals surface area contributed by atoms with Crippen molar-refractivity contribution in [3.63, 3.8) is 0 Å². The van der Waals surface area contributed by atoms with E-state index in [1.807, 2.05) is 25.4 Å². The number of nitrogens with zero attached hydrogens (tertiary/aromatic N) is 2. The van der Waals surface area contributed by atoms with Crippen LogP contribution < -0.4 is 5.32 Å². The minimum Gasteiger partial charge on any atom is -0.317 e. The number of nitrogens with one attached hydrogen (secondary N) is 1. The van der Waals surface area contributed by atoms with Gasteiger partial charge in [0.1, 0.15) is 0 Å². The van der Waals surface area contributed by atoms with E-state index in [0.29, 0.717) is 5.92 Å². The van der Waals surface area contributed by atoms with Crippen molar-refractivity contribution < 1.29 is 0 Å². The van der Waals surface area contributed by atoms with Crippen molar-refractivity contribution >= 4 is 0 Å². The molecule has 1 aliphatic heterocycles. The van der Waals surface area contributed by atoms with E-state index in [0.717, 1.165) is 18.8 Å². The molecule has 0 amide bonds. The van der Waals surface area contributed by atoms with Crippen LogP contribution in [0.2, 0.25) is 0 Å². The predicted molar refractivity (Wildman–Crippen MR) is 77.0 cm³/mol. The Balaban J connectivity index is 1.82. The molecular formula is C16H19N3. The van der Waals surface area contributed by atoms with Crippen molar-refractivity contribution in [1.82, 2.24) is 15.3 Å². The van der Waals surface area contributed by atoms with Gasteiger partial charge in [-0.05, 0) is 56.6 Å². The lowest BCUT2D eigenvalue weighted by molar-refractivity contribution is 0.453. The third-order valence-corrected chi connectivity index (χ3v) is 3.77. The highest BCUT2D eigenvalue weighted by Gasteiger charge is 2.16. The third kappa shape index (κ3) is 2.82. The van der Waals surface area contributed by atoms with Gasteiger partial charge in [-0.25, -0.2) is 0 Å². The van der Waals surface area contributed by atoms with E-state index < -0.39 is 0 Å². The number of piperidine rings is 1. The van der Waals surface area contributed by atoms with E-state index >= 15 is 0 Å². The molecule has 0 bridgehead atoms. The molecule has 0 aliphatic carbocycles. The topological polar surface area (TPSA) is 37.8 Å². The van der Waals surface area contributed by atoms with Crippen LogP contribution in [0.3, 0.4) is 0 Å². The second-order valence-electron chi connectivity index (χ2n) is 5.18. The average molecular weight is 253 g/mol. The van der Waals surface area contributed by atoms with Gasteiger partial charge in [0, 0.05) is 35.3 Å². The summed E-state index contributed by atoms with van der Waals surface area (Å²) in [4.78, 5) is 8.89. The summed E-state index contributed by atoms with van der Waals surface area (Å²) in [6.45, 7) is 4.23. The highest BCUT2D eigenvalue weighted by atomic mass is 14.9. The maximum atomic E-state index is 4.66. The van der Waals surface area contributed by atoms with Crippen molar-refractivity contribution in [3.05, 3.63) is 48.0 Å². The van der Waals surface area contributed by atoms with Crippen LogP contribution in [-0.4, -0.2) is 23.1 Å². The minimum absolute atomic E-state index is 0.620. The molecule has 3 heteroatoms. The Morgan fingerprint density at radius 2 is 1.89 bits per heavy atom. The van der Waals surface area contributed by atoms with Crippen LogP contribution >= 0.6 is 0 Å². The fourth-order valence-electron chi connectivity index (χ4n) is 2.66. The van der Waals surface area contributed by atoms with Gasteiger partial charge in [0.05, 0.1) is 0 Å². The van der Waals surface area contributed by atoms with Crippen LogP contribution in [0, 0.1) is 6.92 Å². The molecule has 1 saturated heterocycles. The predicted octanol–water partition coefficient (Wildman–Crippen LogP) is 2.92. The lowest BCUT2D eigenvalue weighted by Gasteiger charge is -2.22. The molecule has 2 aromatic rings. The number of hydrogen-bond donors (Lipinski definition) is 1. The van der Waals surface area contributed by atoms with Gasteiger partial charge in [0.2, 0.25) is 0 Å². The molecule has 3 nitrogen and oxygen atoms in total. The summed E-state index contributed by atoms with van der Waals surface area (Å²) in [5.74, 6) is 0.620. The molecule has 98 valence electrons. The summed E-state index contributed by atoms with van der Waals surface area (Å²) in [6.07, 6.45) is 6.24. The maximum absolute atomic E-state index is 4.66.